The Morgan fingerprint density at radius 1 is 1.24 bits per heavy atom. The fraction of sp³-hybridized carbons (Fsp3) is 0.571. The lowest BCUT2D eigenvalue weighted by molar-refractivity contribution is 0.403. The van der Waals surface area contributed by atoms with Gasteiger partial charge in [0.25, 0.3) is 0 Å². The van der Waals surface area contributed by atoms with Crippen LogP contribution >= 0.6 is 11.8 Å². The summed E-state index contributed by atoms with van der Waals surface area (Å²) < 4.78 is 0. The molecular weight excluding hydrogens is 228 g/mol. The summed E-state index contributed by atoms with van der Waals surface area (Å²) in [6.07, 6.45) is 1.10. The van der Waals surface area contributed by atoms with Crippen LogP contribution in [0.4, 0.5) is 0 Å². The molecule has 2 unspecified atom stereocenters. The molecule has 0 fully saturated rings. The first-order valence-electron chi connectivity index (χ1n) is 6.35. The molecule has 0 radical (unpaired) electrons. The first kappa shape index (κ1) is 14.6. The maximum absolute atomic E-state index is 6.31. The average molecular weight is 252 g/mol. The van der Waals surface area contributed by atoms with Crippen LogP contribution in [0, 0.1) is 5.92 Å². The summed E-state index contributed by atoms with van der Waals surface area (Å²) in [5, 5.41) is 3.22. The summed E-state index contributed by atoms with van der Waals surface area (Å²) in [4.78, 5) is 1.32. The molecule has 1 aromatic rings. The Hall–Kier alpha value is -0.510. The highest BCUT2D eigenvalue weighted by Gasteiger charge is 2.16. The van der Waals surface area contributed by atoms with Crippen molar-refractivity contribution in [2.24, 2.45) is 11.7 Å². The summed E-state index contributed by atoms with van der Waals surface area (Å²) >= 11 is 1.87. The fourth-order valence-corrected chi connectivity index (χ4v) is 2.67. The summed E-state index contributed by atoms with van der Waals surface area (Å²) in [5.74, 6) is 1.62. The van der Waals surface area contributed by atoms with Crippen molar-refractivity contribution in [2.75, 3.05) is 19.3 Å². The first-order valence-corrected chi connectivity index (χ1v) is 7.34. The van der Waals surface area contributed by atoms with E-state index in [-0.39, 0.29) is 6.04 Å². The second-order valence-electron chi connectivity index (χ2n) is 4.25. The van der Waals surface area contributed by atoms with E-state index in [1.54, 1.807) is 0 Å². The molecule has 0 aromatic heterocycles. The molecule has 2 atom stereocenters. The van der Waals surface area contributed by atoms with Crippen LogP contribution in [0.1, 0.15) is 31.9 Å². The van der Waals surface area contributed by atoms with E-state index < -0.39 is 0 Å². The van der Waals surface area contributed by atoms with Gasteiger partial charge < -0.3 is 11.1 Å². The van der Waals surface area contributed by atoms with Gasteiger partial charge in [-0.2, -0.15) is 0 Å². The topological polar surface area (TPSA) is 38.0 Å². The minimum absolute atomic E-state index is 0.133. The third-order valence-corrected chi connectivity index (χ3v) is 3.97. The van der Waals surface area contributed by atoms with Gasteiger partial charge in [0.2, 0.25) is 0 Å². The van der Waals surface area contributed by atoms with Crippen LogP contribution in [0.25, 0.3) is 0 Å². The zero-order chi connectivity index (χ0) is 12.7. The molecule has 0 saturated heterocycles. The largest absolute Gasteiger partial charge is 0.324 e. The summed E-state index contributed by atoms with van der Waals surface area (Å²) in [6.45, 7) is 5.34. The Bertz CT molecular complexity index is 311. The monoisotopic (exact) mass is 252 g/mol. The predicted octanol–water partition coefficient (Wildman–Crippen LogP) is 3.04. The molecule has 0 aliphatic heterocycles. The Kier molecular flexibility index (Phi) is 6.63. The molecule has 96 valence electrons. The van der Waals surface area contributed by atoms with Crippen LogP contribution in [-0.2, 0) is 0 Å². The van der Waals surface area contributed by atoms with Gasteiger partial charge in [-0.05, 0) is 43.0 Å². The smallest absolute Gasteiger partial charge is 0.0335 e. The van der Waals surface area contributed by atoms with Crippen LogP contribution < -0.4 is 11.1 Å². The average Bonchev–Trinajstić information content (AvgIpc) is 2.36. The number of thioether (sulfide) groups is 1. The fourth-order valence-electron chi connectivity index (χ4n) is 2.01. The van der Waals surface area contributed by atoms with Crippen molar-refractivity contribution in [3.63, 3.8) is 0 Å². The van der Waals surface area contributed by atoms with E-state index >= 15 is 0 Å². The van der Waals surface area contributed by atoms with Gasteiger partial charge in [-0.25, -0.2) is 0 Å². The first-order chi connectivity index (χ1) is 8.22. The summed E-state index contributed by atoms with van der Waals surface area (Å²) in [5.41, 5.74) is 7.56. The van der Waals surface area contributed by atoms with Gasteiger partial charge in [0, 0.05) is 10.9 Å². The predicted molar refractivity (Wildman–Crippen MR) is 77.5 cm³/mol. The van der Waals surface area contributed by atoms with Gasteiger partial charge in [0.05, 0.1) is 0 Å². The zero-order valence-electron chi connectivity index (χ0n) is 11.1. The highest BCUT2D eigenvalue weighted by molar-refractivity contribution is 7.99. The summed E-state index contributed by atoms with van der Waals surface area (Å²) in [7, 11) is 1.98. The van der Waals surface area contributed by atoms with Crippen LogP contribution in [0.5, 0.6) is 0 Å². The molecule has 0 spiro atoms. The molecular formula is C14H24N2S. The van der Waals surface area contributed by atoms with Crippen molar-refractivity contribution < 1.29 is 0 Å². The highest BCUT2D eigenvalue weighted by atomic mass is 32.2. The lowest BCUT2D eigenvalue weighted by Gasteiger charge is -2.22. The van der Waals surface area contributed by atoms with Gasteiger partial charge in [-0.3, -0.25) is 0 Å². The molecule has 3 heteroatoms. The maximum Gasteiger partial charge on any atom is 0.0335 e. The number of nitrogens with two attached hydrogens (primary N) is 1. The van der Waals surface area contributed by atoms with E-state index in [0.29, 0.717) is 5.92 Å². The molecule has 2 nitrogen and oxygen atoms in total. The van der Waals surface area contributed by atoms with Crippen LogP contribution in [0.2, 0.25) is 0 Å². The molecule has 1 aromatic carbocycles. The van der Waals surface area contributed by atoms with E-state index in [9.17, 15) is 0 Å². The quantitative estimate of drug-likeness (QED) is 0.733. The van der Waals surface area contributed by atoms with Gasteiger partial charge in [-0.1, -0.05) is 32.4 Å². The lowest BCUT2D eigenvalue weighted by Crippen LogP contribution is -2.29. The van der Waals surface area contributed by atoms with Gasteiger partial charge >= 0.3 is 0 Å². The SMILES string of the molecule is CCSc1ccc(C(N)C(CC)CNC)cc1. The molecule has 0 saturated carbocycles. The minimum atomic E-state index is 0.133. The highest BCUT2D eigenvalue weighted by Crippen LogP contribution is 2.24. The van der Waals surface area contributed by atoms with Crippen molar-refractivity contribution in [1.29, 1.82) is 0 Å². The zero-order valence-corrected chi connectivity index (χ0v) is 11.9. The number of nitrogens with one attached hydrogen (secondary N) is 1. The number of rotatable bonds is 7. The Labute approximate surface area is 109 Å². The van der Waals surface area contributed by atoms with Gasteiger partial charge in [0.1, 0.15) is 0 Å². The minimum Gasteiger partial charge on any atom is -0.324 e. The van der Waals surface area contributed by atoms with Crippen LogP contribution in [0.15, 0.2) is 29.2 Å². The van der Waals surface area contributed by atoms with Crippen molar-refractivity contribution in [1.82, 2.24) is 5.32 Å². The second kappa shape index (κ2) is 7.75. The third-order valence-electron chi connectivity index (χ3n) is 3.07. The van der Waals surface area contributed by atoms with E-state index in [1.807, 2.05) is 18.8 Å². The molecule has 17 heavy (non-hydrogen) atoms. The van der Waals surface area contributed by atoms with Crippen molar-refractivity contribution in [3.05, 3.63) is 29.8 Å². The molecule has 0 aliphatic rings. The van der Waals surface area contributed by atoms with E-state index in [4.69, 9.17) is 5.73 Å². The van der Waals surface area contributed by atoms with Crippen LogP contribution in [-0.4, -0.2) is 19.3 Å². The Morgan fingerprint density at radius 3 is 2.35 bits per heavy atom. The van der Waals surface area contributed by atoms with Crippen molar-refractivity contribution in [2.45, 2.75) is 31.2 Å². The van der Waals surface area contributed by atoms with Crippen molar-refractivity contribution >= 4 is 11.8 Å². The van der Waals surface area contributed by atoms with Crippen molar-refractivity contribution in [3.8, 4) is 0 Å². The second-order valence-corrected chi connectivity index (χ2v) is 5.59. The van der Waals surface area contributed by atoms with E-state index in [1.165, 1.54) is 10.5 Å². The normalized spacial score (nSPS) is 14.6. The molecule has 0 bridgehead atoms. The third kappa shape index (κ3) is 4.34. The number of hydrogen-bond donors (Lipinski definition) is 2. The van der Waals surface area contributed by atoms with Gasteiger partial charge in [0.15, 0.2) is 0 Å². The standard InChI is InChI=1S/C14H24N2S/c1-4-11(10-16-3)14(15)12-6-8-13(9-7-12)17-5-2/h6-9,11,14,16H,4-5,10,15H2,1-3H3. The molecule has 1 rings (SSSR count). The Morgan fingerprint density at radius 2 is 1.88 bits per heavy atom. The van der Waals surface area contributed by atoms with Crippen LogP contribution in [0.3, 0.4) is 0 Å². The number of benzene rings is 1. The van der Waals surface area contributed by atoms with E-state index in [0.717, 1.165) is 18.7 Å². The molecule has 0 aliphatic carbocycles. The van der Waals surface area contributed by atoms with Gasteiger partial charge in [-0.15, -0.1) is 11.8 Å². The molecule has 0 heterocycles. The maximum atomic E-state index is 6.31. The Balaban J connectivity index is 2.70. The molecule has 0 amide bonds. The lowest BCUT2D eigenvalue weighted by atomic mass is 9.91. The number of hydrogen-bond acceptors (Lipinski definition) is 3. The van der Waals surface area contributed by atoms with E-state index in [2.05, 4.69) is 43.4 Å². The summed E-state index contributed by atoms with van der Waals surface area (Å²) in [6, 6.07) is 8.82. The molecule has 3 N–H and O–H groups in total.